The molecule has 1 heterocycles. The quantitative estimate of drug-likeness (QED) is 0.714. The Bertz CT molecular complexity index is 755. The number of halogens is 2. The van der Waals surface area contributed by atoms with E-state index in [1.165, 1.54) is 11.6 Å². The van der Waals surface area contributed by atoms with Gasteiger partial charge in [0.2, 0.25) is 0 Å². The highest BCUT2D eigenvalue weighted by Crippen LogP contribution is 2.26. The van der Waals surface area contributed by atoms with Crippen LogP contribution in [0.25, 0.3) is 11.3 Å². The molecule has 0 aliphatic rings. The predicted octanol–water partition coefficient (Wildman–Crippen LogP) is 5.03. The Kier molecular flexibility index (Phi) is 4.56. The maximum atomic E-state index is 13.2. The molecule has 0 atom stereocenters. The van der Waals surface area contributed by atoms with Gasteiger partial charge in [-0.25, -0.2) is 4.39 Å². The van der Waals surface area contributed by atoms with Crippen molar-refractivity contribution in [2.75, 3.05) is 0 Å². The van der Waals surface area contributed by atoms with Crippen molar-refractivity contribution in [2.24, 2.45) is 0 Å². The molecule has 0 radical (unpaired) electrons. The molecule has 0 spiro atoms. The number of benzene rings is 2. The van der Waals surface area contributed by atoms with E-state index in [0.29, 0.717) is 12.3 Å². The van der Waals surface area contributed by atoms with Crippen LogP contribution in [0.3, 0.4) is 0 Å². The van der Waals surface area contributed by atoms with Crippen LogP contribution in [0.2, 0.25) is 5.02 Å². The van der Waals surface area contributed by atoms with Crippen LogP contribution in [0.5, 0.6) is 0 Å². The van der Waals surface area contributed by atoms with E-state index in [0.717, 1.165) is 17.9 Å². The Hall–Kier alpha value is -2.10. The van der Waals surface area contributed by atoms with E-state index in [1.807, 2.05) is 30.3 Å². The molecule has 0 fully saturated rings. The minimum absolute atomic E-state index is 0.0950. The van der Waals surface area contributed by atoms with E-state index in [1.54, 1.807) is 12.1 Å². The Morgan fingerprint density at radius 2 is 1.77 bits per heavy atom. The fourth-order valence-corrected chi connectivity index (χ4v) is 2.38. The second-order valence-corrected chi connectivity index (χ2v) is 5.39. The summed E-state index contributed by atoms with van der Waals surface area (Å²) in [6.07, 6.45) is 0. The predicted molar refractivity (Wildman–Crippen MR) is 86.1 cm³/mol. The Balaban J connectivity index is 1.62. The van der Waals surface area contributed by atoms with E-state index in [2.05, 4.69) is 17.4 Å². The second kappa shape index (κ2) is 6.77. The molecule has 1 aromatic heterocycles. The molecule has 0 aliphatic heterocycles. The van der Waals surface area contributed by atoms with Gasteiger partial charge in [-0.15, -0.1) is 0 Å². The molecule has 1 N–H and O–H groups in total. The molecule has 0 aliphatic carbocycles. The molecule has 0 amide bonds. The van der Waals surface area contributed by atoms with Crippen molar-refractivity contribution < 1.29 is 8.81 Å². The van der Waals surface area contributed by atoms with E-state index >= 15 is 0 Å². The third-order valence-corrected chi connectivity index (χ3v) is 3.63. The highest BCUT2D eigenvalue weighted by atomic mass is 35.5. The Morgan fingerprint density at radius 3 is 2.55 bits per heavy atom. The first kappa shape index (κ1) is 14.8. The molecule has 3 rings (SSSR count). The van der Waals surface area contributed by atoms with Crippen LogP contribution in [-0.4, -0.2) is 0 Å². The number of hydrogen-bond donors (Lipinski definition) is 1. The molecule has 0 saturated carbocycles. The lowest BCUT2D eigenvalue weighted by atomic mass is 10.2. The van der Waals surface area contributed by atoms with E-state index < -0.39 is 5.82 Å². The molecule has 0 saturated heterocycles. The summed E-state index contributed by atoms with van der Waals surface area (Å²) in [7, 11) is 0. The first-order valence-corrected chi connectivity index (χ1v) is 7.39. The molecule has 2 nitrogen and oxygen atoms in total. The van der Waals surface area contributed by atoms with Gasteiger partial charge < -0.3 is 9.73 Å². The molecule has 3 aromatic rings. The molecular formula is C18H15ClFNO. The van der Waals surface area contributed by atoms with Gasteiger partial charge in [0.25, 0.3) is 0 Å². The van der Waals surface area contributed by atoms with Gasteiger partial charge in [0.05, 0.1) is 11.6 Å². The van der Waals surface area contributed by atoms with Crippen LogP contribution >= 0.6 is 11.6 Å². The van der Waals surface area contributed by atoms with Crippen molar-refractivity contribution in [1.82, 2.24) is 5.32 Å². The molecule has 4 heteroatoms. The summed E-state index contributed by atoms with van der Waals surface area (Å²) in [6.45, 7) is 1.41. The van der Waals surface area contributed by atoms with Crippen LogP contribution < -0.4 is 5.32 Å². The maximum Gasteiger partial charge on any atom is 0.141 e. The summed E-state index contributed by atoms with van der Waals surface area (Å²) in [5.41, 5.74) is 1.99. The summed E-state index contributed by atoms with van der Waals surface area (Å²) in [5, 5.41) is 3.42. The van der Waals surface area contributed by atoms with Gasteiger partial charge in [0, 0.05) is 12.1 Å². The number of hydrogen-bond acceptors (Lipinski definition) is 2. The molecule has 0 unspecified atom stereocenters. The highest BCUT2D eigenvalue weighted by molar-refractivity contribution is 6.31. The van der Waals surface area contributed by atoms with Crippen LogP contribution in [0.1, 0.15) is 11.3 Å². The summed E-state index contributed by atoms with van der Waals surface area (Å²) < 4.78 is 18.9. The monoisotopic (exact) mass is 315 g/mol. The molecule has 2 aromatic carbocycles. The third-order valence-electron chi connectivity index (χ3n) is 3.34. The average Bonchev–Trinajstić information content (AvgIpc) is 3.00. The smallest absolute Gasteiger partial charge is 0.141 e. The number of furan rings is 1. The fraction of sp³-hybridized carbons (Fsp3) is 0.111. The Labute approximate surface area is 133 Å². The third kappa shape index (κ3) is 3.56. The molecule has 0 bridgehead atoms. The molecule has 112 valence electrons. The standard InChI is InChI=1S/C18H15ClFNO/c19-16-10-14(6-8-17(16)20)18-9-7-15(22-18)12-21-11-13-4-2-1-3-5-13/h1-10,21H,11-12H2. The van der Waals surface area contributed by atoms with Crippen LogP contribution in [0.4, 0.5) is 4.39 Å². The van der Waals surface area contributed by atoms with Crippen molar-refractivity contribution in [1.29, 1.82) is 0 Å². The normalized spacial score (nSPS) is 10.8. The molecule has 22 heavy (non-hydrogen) atoms. The van der Waals surface area contributed by atoms with Gasteiger partial charge in [-0.2, -0.15) is 0 Å². The largest absolute Gasteiger partial charge is 0.460 e. The van der Waals surface area contributed by atoms with Gasteiger partial charge in [0.1, 0.15) is 17.3 Å². The van der Waals surface area contributed by atoms with Crippen molar-refractivity contribution in [2.45, 2.75) is 13.1 Å². The fourth-order valence-electron chi connectivity index (χ4n) is 2.20. The van der Waals surface area contributed by atoms with Crippen molar-refractivity contribution in [3.05, 3.63) is 82.8 Å². The minimum Gasteiger partial charge on any atom is -0.460 e. The van der Waals surface area contributed by atoms with Gasteiger partial charge in [-0.3, -0.25) is 0 Å². The SMILES string of the molecule is Fc1ccc(-c2ccc(CNCc3ccccc3)o2)cc1Cl. The number of rotatable bonds is 5. The summed E-state index contributed by atoms with van der Waals surface area (Å²) in [6, 6.07) is 18.5. The lowest BCUT2D eigenvalue weighted by Crippen LogP contribution is -2.11. The van der Waals surface area contributed by atoms with E-state index in [9.17, 15) is 4.39 Å². The zero-order chi connectivity index (χ0) is 15.4. The van der Waals surface area contributed by atoms with Crippen LogP contribution in [-0.2, 0) is 13.1 Å². The maximum absolute atomic E-state index is 13.2. The van der Waals surface area contributed by atoms with Gasteiger partial charge in [-0.1, -0.05) is 41.9 Å². The zero-order valence-electron chi connectivity index (χ0n) is 11.9. The highest BCUT2D eigenvalue weighted by Gasteiger charge is 2.07. The van der Waals surface area contributed by atoms with E-state index in [-0.39, 0.29) is 5.02 Å². The van der Waals surface area contributed by atoms with Gasteiger partial charge in [-0.05, 0) is 35.9 Å². The lowest BCUT2D eigenvalue weighted by molar-refractivity contribution is 0.493. The minimum atomic E-state index is -0.429. The first-order valence-electron chi connectivity index (χ1n) is 7.01. The van der Waals surface area contributed by atoms with Crippen LogP contribution in [0.15, 0.2) is 65.1 Å². The summed E-state index contributed by atoms with van der Waals surface area (Å²) >= 11 is 5.79. The van der Waals surface area contributed by atoms with Gasteiger partial charge >= 0.3 is 0 Å². The van der Waals surface area contributed by atoms with E-state index in [4.69, 9.17) is 16.0 Å². The van der Waals surface area contributed by atoms with Crippen molar-refractivity contribution in [3.63, 3.8) is 0 Å². The Morgan fingerprint density at radius 1 is 0.955 bits per heavy atom. The zero-order valence-corrected chi connectivity index (χ0v) is 12.6. The first-order chi connectivity index (χ1) is 10.7. The molecular weight excluding hydrogens is 301 g/mol. The summed E-state index contributed by atoms with van der Waals surface area (Å²) in [5.74, 6) is 1.08. The topological polar surface area (TPSA) is 25.2 Å². The number of nitrogens with one attached hydrogen (secondary N) is 1. The van der Waals surface area contributed by atoms with Crippen molar-refractivity contribution >= 4 is 11.6 Å². The summed E-state index contributed by atoms with van der Waals surface area (Å²) in [4.78, 5) is 0. The van der Waals surface area contributed by atoms with Gasteiger partial charge in [0.15, 0.2) is 0 Å². The van der Waals surface area contributed by atoms with Crippen molar-refractivity contribution in [3.8, 4) is 11.3 Å². The van der Waals surface area contributed by atoms with Crippen LogP contribution in [0, 0.1) is 5.82 Å². The average molecular weight is 316 g/mol. The second-order valence-electron chi connectivity index (χ2n) is 4.98. The lowest BCUT2D eigenvalue weighted by Gasteiger charge is -2.03.